The lowest BCUT2D eigenvalue weighted by Crippen LogP contribution is -2.10. The smallest absolute Gasteiger partial charge is 0.139 e. The van der Waals surface area contributed by atoms with Crippen LogP contribution >= 0.6 is 0 Å². The molecular weight excluding hydrogens is 246 g/mol. The maximum atomic E-state index is 5.97. The molecule has 0 saturated carbocycles. The van der Waals surface area contributed by atoms with E-state index in [1.54, 1.807) is 6.20 Å². The number of aromatic amines is 1. The Kier molecular flexibility index (Phi) is 2.78. The summed E-state index contributed by atoms with van der Waals surface area (Å²) in [7, 11) is 0. The third-order valence-corrected chi connectivity index (χ3v) is 3.63. The van der Waals surface area contributed by atoms with E-state index in [1.165, 1.54) is 5.56 Å². The van der Waals surface area contributed by atoms with Gasteiger partial charge < -0.3 is 10.7 Å². The molecule has 2 heterocycles. The first-order valence-electron chi connectivity index (χ1n) is 6.79. The minimum absolute atomic E-state index is 0.172. The number of benzene rings is 1. The standard InChI is InChI=1S/C17H19N3/c1-17(2,3)12-6-4-11(5-7-12)15-10-13-14(18)8-9-19-16(13)20-15/h4-10H,1-3H3,(H3,18,19,20). The highest BCUT2D eigenvalue weighted by molar-refractivity contribution is 5.92. The van der Waals surface area contributed by atoms with E-state index in [2.05, 4.69) is 61.1 Å². The number of rotatable bonds is 1. The molecule has 3 nitrogen and oxygen atoms in total. The number of nitrogens with two attached hydrogens (primary N) is 1. The zero-order chi connectivity index (χ0) is 14.3. The Morgan fingerprint density at radius 1 is 1.05 bits per heavy atom. The lowest BCUT2D eigenvalue weighted by Gasteiger charge is -2.18. The van der Waals surface area contributed by atoms with Crippen LogP contribution in [0.1, 0.15) is 26.3 Å². The summed E-state index contributed by atoms with van der Waals surface area (Å²) in [4.78, 5) is 7.63. The molecule has 2 aromatic heterocycles. The topological polar surface area (TPSA) is 54.7 Å². The third kappa shape index (κ3) is 2.16. The van der Waals surface area contributed by atoms with E-state index in [1.807, 2.05) is 6.07 Å². The van der Waals surface area contributed by atoms with Gasteiger partial charge in [-0.3, -0.25) is 0 Å². The number of aromatic nitrogens is 2. The number of nitrogens with zero attached hydrogens (tertiary/aromatic N) is 1. The Morgan fingerprint density at radius 2 is 1.75 bits per heavy atom. The second-order valence-corrected chi connectivity index (χ2v) is 6.17. The lowest BCUT2D eigenvalue weighted by molar-refractivity contribution is 0.590. The quantitative estimate of drug-likeness (QED) is 0.695. The summed E-state index contributed by atoms with van der Waals surface area (Å²) in [5.74, 6) is 0. The molecule has 0 saturated heterocycles. The van der Waals surface area contributed by atoms with Crippen molar-refractivity contribution in [2.24, 2.45) is 0 Å². The van der Waals surface area contributed by atoms with Gasteiger partial charge in [-0.15, -0.1) is 0 Å². The molecule has 0 unspecified atom stereocenters. The monoisotopic (exact) mass is 265 g/mol. The minimum atomic E-state index is 0.172. The van der Waals surface area contributed by atoms with Gasteiger partial charge in [-0.25, -0.2) is 4.98 Å². The normalized spacial score (nSPS) is 11.9. The number of nitrogen functional groups attached to an aromatic ring is 1. The second-order valence-electron chi connectivity index (χ2n) is 6.17. The first-order chi connectivity index (χ1) is 9.45. The first-order valence-corrected chi connectivity index (χ1v) is 6.79. The van der Waals surface area contributed by atoms with Gasteiger partial charge in [-0.2, -0.15) is 0 Å². The van der Waals surface area contributed by atoms with Gasteiger partial charge in [-0.05, 0) is 28.7 Å². The number of hydrogen-bond acceptors (Lipinski definition) is 2. The third-order valence-electron chi connectivity index (χ3n) is 3.63. The van der Waals surface area contributed by atoms with E-state index < -0.39 is 0 Å². The molecule has 0 spiro atoms. The highest BCUT2D eigenvalue weighted by atomic mass is 14.9. The Hall–Kier alpha value is -2.29. The molecule has 1 aromatic carbocycles. The van der Waals surface area contributed by atoms with Crippen molar-refractivity contribution in [3.63, 3.8) is 0 Å². The van der Waals surface area contributed by atoms with E-state index in [9.17, 15) is 0 Å². The summed E-state index contributed by atoms with van der Waals surface area (Å²) < 4.78 is 0. The van der Waals surface area contributed by atoms with Gasteiger partial charge in [-0.1, -0.05) is 45.0 Å². The fourth-order valence-corrected chi connectivity index (χ4v) is 2.35. The van der Waals surface area contributed by atoms with Crippen LogP contribution in [0, 0.1) is 0 Å². The van der Waals surface area contributed by atoms with Crippen molar-refractivity contribution in [3.8, 4) is 11.3 Å². The molecule has 0 fully saturated rings. The molecule has 0 aliphatic heterocycles. The van der Waals surface area contributed by atoms with Crippen LogP contribution in [0.15, 0.2) is 42.6 Å². The maximum Gasteiger partial charge on any atom is 0.139 e. The van der Waals surface area contributed by atoms with E-state index in [0.29, 0.717) is 0 Å². The van der Waals surface area contributed by atoms with Crippen LogP contribution < -0.4 is 5.73 Å². The number of pyridine rings is 1. The number of fused-ring (bicyclic) bond motifs is 1. The van der Waals surface area contributed by atoms with Gasteiger partial charge in [0.25, 0.3) is 0 Å². The summed E-state index contributed by atoms with van der Waals surface area (Å²) in [6.45, 7) is 6.65. The van der Waals surface area contributed by atoms with E-state index in [0.717, 1.165) is 28.0 Å². The van der Waals surface area contributed by atoms with Crippen molar-refractivity contribution >= 4 is 16.7 Å². The Balaban J connectivity index is 2.05. The van der Waals surface area contributed by atoms with Crippen molar-refractivity contribution in [2.45, 2.75) is 26.2 Å². The summed E-state index contributed by atoms with van der Waals surface area (Å²) in [6, 6.07) is 12.5. The zero-order valence-electron chi connectivity index (χ0n) is 12.1. The van der Waals surface area contributed by atoms with Crippen molar-refractivity contribution in [1.82, 2.24) is 9.97 Å². The van der Waals surface area contributed by atoms with Gasteiger partial charge in [0.15, 0.2) is 0 Å². The fourth-order valence-electron chi connectivity index (χ4n) is 2.35. The molecule has 0 aliphatic carbocycles. The van der Waals surface area contributed by atoms with Gasteiger partial charge in [0.1, 0.15) is 5.65 Å². The SMILES string of the molecule is CC(C)(C)c1ccc(-c2cc3c(N)ccnc3[nH]2)cc1. The van der Waals surface area contributed by atoms with Gasteiger partial charge in [0.2, 0.25) is 0 Å². The predicted octanol–water partition coefficient (Wildman–Crippen LogP) is 4.11. The molecule has 0 aliphatic rings. The average Bonchev–Trinajstić information content (AvgIpc) is 2.83. The van der Waals surface area contributed by atoms with Crippen LogP contribution in [-0.4, -0.2) is 9.97 Å². The van der Waals surface area contributed by atoms with Crippen LogP contribution in [0.5, 0.6) is 0 Å². The first kappa shape index (κ1) is 12.7. The molecule has 102 valence electrons. The molecule has 0 atom stereocenters. The van der Waals surface area contributed by atoms with E-state index in [-0.39, 0.29) is 5.41 Å². The number of nitrogens with one attached hydrogen (secondary N) is 1. The van der Waals surface area contributed by atoms with E-state index >= 15 is 0 Å². The molecule has 0 radical (unpaired) electrons. The number of anilines is 1. The largest absolute Gasteiger partial charge is 0.398 e. The minimum Gasteiger partial charge on any atom is -0.398 e. The van der Waals surface area contributed by atoms with Crippen LogP contribution in [0.4, 0.5) is 5.69 Å². The Bertz CT molecular complexity index is 746. The lowest BCUT2D eigenvalue weighted by atomic mass is 9.86. The summed E-state index contributed by atoms with van der Waals surface area (Å²) in [5, 5.41) is 0.974. The summed E-state index contributed by atoms with van der Waals surface area (Å²) in [6.07, 6.45) is 1.72. The number of H-pyrrole nitrogens is 1. The fraction of sp³-hybridized carbons (Fsp3) is 0.235. The van der Waals surface area contributed by atoms with Gasteiger partial charge in [0.05, 0.1) is 0 Å². The molecule has 3 rings (SSSR count). The summed E-state index contributed by atoms with van der Waals surface area (Å²) in [5.41, 5.74) is 11.3. The second kappa shape index (κ2) is 4.37. The van der Waals surface area contributed by atoms with Gasteiger partial charge >= 0.3 is 0 Å². The molecule has 20 heavy (non-hydrogen) atoms. The van der Waals surface area contributed by atoms with Crippen LogP contribution in [0.2, 0.25) is 0 Å². The predicted molar refractivity (Wildman–Crippen MR) is 84.6 cm³/mol. The van der Waals surface area contributed by atoms with Crippen molar-refractivity contribution in [1.29, 1.82) is 0 Å². The molecule has 3 aromatic rings. The zero-order valence-corrected chi connectivity index (χ0v) is 12.1. The van der Waals surface area contributed by atoms with Gasteiger partial charge in [0, 0.05) is 23.0 Å². The van der Waals surface area contributed by atoms with Crippen molar-refractivity contribution in [3.05, 3.63) is 48.2 Å². The Morgan fingerprint density at radius 3 is 2.35 bits per heavy atom. The molecule has 3 N–H and O–H groups in total. The highest BCUT2D eigenvalue weighted by Crippen LogP contribution is 2.28. The highest BCUT2D eigenvalue weighted by Gasteiger charge is 2.13. The molecule has 0 amide bonds. The maximum absolute atomic E-state index is 5.97. The average molecular weight is 265 g/mol. The molecular formula is C17H19N3. The van der Waals surface area contributed by atoms with Crippen LogP contribution in [0.3, 0.4) is 0 Å². The van der Waals surface area contributed by atoms with Crippen LogP contribution in [-0.2, 0) is 5.41 Å². The van der Waals surface area contributed by atoms with Crippen LogP contribution in [0.25, 0.3) is 22.3 Å². The Labute approximate surface area is 118 Å². The summed E-state index contributed by atoms with van der Waals surface area (Å²) >= 11 is 0. The van der Waals surface area contributed by atoms with Crippen molar-refractivity contribution in [2.75, 3.05) is 5.73 Å². The molecule has 0 bridgehead atoms. The number of hydrogen-bond donors (Lipinski definition) is 2. The van der Waals surface area contributed by atoms with Crippen molar-refractivity contribution < 1.29 is 0 Å². The molecule has 3 heteroatoms. The van der Waals surface area contributed by atoms with E-state index in [4.69, 9.17) is 5.73 Å².